The van der Waals surface area contributed by atoms with Gasteiger partial charge in [0, 0.05) is 6.42 Å². The van der Waals surface area contributed by atoms with Crippen molar-refractivity contribution in [3.63, 3.8) is 0 Å². The molecular formula is C13H11NO5. The van der Waals surface area contributed by atoms with E-state index in [1.807, 2.05) is 6.07 Å². The van der Waals surface area contributed by atoms with Gasteiger partial charge in [0.1, 0.15) is 5.75 Å². The van der Waals surface area contributed by atoms with E-state index in [4.69, 9.17) is 14.7 Å². The number of carbonyl (C=O) groups is 2. The SMILES string of the molecule is N#Cc1ccc(OCC(=O)O[C@@H]2CCOC2=O)cc1. The molecule has 0 spiro atoms. The Balaban J connectivity index is 1.79. The van der Waals surface area contributed by atoms with E-state index in [1.165, 1.54) is 0 Å². The lowest BCUT2D eigenvalue weighted by molar-refractivity contribution is -0.161. The van der Waals surface area contributed by atoms with Crippen molar-refractivity contribution < 1.29 is 23.8 Å². The number of nitriles is 1. The molecule has 0 saturated carbocycles. The van der Waals surface area contributed by atoms with E-state index in [0.717, 1.165) is 0 Å². The van der Waals surface area contributed by atoms with Gasteiger partial charge in [-0.3, -0.25) is 0 Å². The Kier molecular flexibility index (Phi) is 3.98. The number of hydrogen-bond acceptors (Lipinski definition) is 6. The van der Waals surface area contributed by atoms with Crippen molar-refractivity contribution in [2.45, 2.75) is 12.5 Å². The third-order valence-electron chi connectivity index (χ3n) is 2.50. The molecule has 0 unspecified atom stereocenters. The molecule has 2 rings (SSSR count). The van der Waals surface area contributed by atoms with Crippen LogP contribution in [0.4, 0.5) is 0 Å². The fourth-order valence-electron chi connectivity index (χ4n) is 1.55. The predicted molar refractivity (Wildman–Crippen MR) is 62.1 cm³/mol. The maximum Gasteiger partial charge on any atom is 0.347 e. The minimum Gasteiger partial charge on any atom is -0.482 e. The number of benzene rings is 1. The Morgan fingerprint density at radius 2 is 2.16 bits per heavy atom. The van der Waals surface area contributed by atoms with Crippen molar-refractivity contribution in [2.24, 2.45) is 0 Å². The summed E-state index contributed by atoms with van der Waals surface area (Å²) in [6.45, 7) is -0.0249. The van der Waals surface area contributed by atoms with E-state index in [2.05, 4.69) is 4.74 Å². The molecule has 0 N–H and O–H groups in total. The molecule has 19 heavy (non-hydrogen) atoms. The van der Waals surface area contributed by atoms with Gasteiger partial charge in [-0.15, -0.1) is 0 Å². The van der Waals surface area contributed by atoms with Gasteiger partial charge in [0.05, 0.1) is 18.2 Å². The lowest BCUT2D eigenvalue weighted by atomic mass is 10.2. The van der Waals surface area contributed by atoms with Crippen LogP contribution in [0.25, 0.3) is 0 Å². The summed E-state index contributed by atoms with van der Waals surface area (Å²) in [5.74, 6) is -0.704. The van der Waals surface area contributed by atoms with Gasteiger partial charge in [0.15, 0.2) is 6.61 Å². The van der Waals surface area contributed by atoms with Crippen LogP contribution in [-0.4, -0.2) is 31.3 Å². The molecule has 1 saturated heterocycles. The van der Waals surface area contributed by atoms with Gasteiger partial charge in [-0.25, -0.2) is 9.59 Å². The molecule has 98 valence electrons. The van der Waals surface area contributed by atoms with Crippen LogP contribution in [0.3, 0.4) is 0 Å². The van der Waals surface area contributed by atoms with Gasteiger partial charge in [0.2, 0.25) is 6.10 Å². The van der Waals surface area contributed by atoms with E-state index in [1.54, 1.807) is 24.3 Å². The fourth-order valence-corrected chi connectivity index (χ4v) is 1.55. The van der Waals surface area contributed by atoms with Crippen LogP contribution in [0.15, 0.2) is 24.3 Å². The summed E-state index contributed by atoms with van der Waals surface area (Å²) in [6, 6.07) is 8.29. The zero-order chi connectivity index (χ0) is 13.7. The van der Waals surface area contributed by atoms with Crippen molar-refractivity contribution in [2.75, 3.05) is 13.2 Å². The Labute approximate surface area is 109 Å². The highest BCUT2D eigenvalue weighted by atomic mass is 16.6. The number of hydrogen-bond donors (Lipinski definition) is 0. The zero-order valence-electron chi connectivity index (χ0n) is 10.00. The van der Waals surface area contributed by atoms with Crippen LogP contribution in [0, 0.1) is 11.3 Å². The Morgan fingerprint density at radius 3 is 2.74 bits per heavy atom. The van der Waals surface area contributed by atoms with Gasteiger partial charge in [-0.05, 0) is 24.3 Å². The molecule has 0 amide bonds. The maximum atomic E-state index is 11.4. The molecule has 6 heteroatoms. The molecule has 0 radical (unpaired) electrons. The van der Waals surface area contributed by atoms with Crippen LogP contribution in [0.1, 0.15) is 12.0 Å². The molecule has 1 aromatic carbocycles. The summed E-state index contributed by atoms with van der Waals surface area (Å²) in [5.41, 5.74) is 0.503. The molecule has 0 bridgehead atoms. The molecule has 0 aliphatic carbocycles. The van der Waals surface area contributed by atoms with Crippen LogP contribution in [0.2, 0.25) is 0 Å². The van der Waals surface area contributed by atoms with E-state index < -0.39 is 18.0 Å². The van der Waals surface area contributed by atoms with Crippen molar-refractivity contribution >= 4 is 11.9 Å². The van der Waals surface area contributed by atoms with Crippen molar-refractivity contribution in [1.29, 1.82) is 5.26 Å². The Morgan fingerprint density at radius 1 is 1.42 bits per heavy atom. The number of nitrogens with zero attached hydrogens (tertiary/aromatic N) is 1. The first-order valence-electron chi connectivity index (χ1n) is 5.68. The Bertz CT molecular complexity index is 517. The summed E-state index contributed by atoms with van der Waals surface area (Å²) in [4.78, 5) is 22.5. The van der Waals surface area contributed by atoms with Gasteiger partial charge in [-0.1, -0.05) is 0 Å². The third kappa shape index (κ3) is 3.45. The van der Waals surface area contributed by atoms with Crippen LogP contribution < -0.4 is 4.74 Å². The summed E-state index contributed by atoms with van der Waals surface area (Å²) >= 11 is 0. The average Bonchev–Trinajstić information content (AvgIpc) is 2.82. The number of ether oxygens (including phenoxy) is 3. The molecule has 6 nitrogen and oxygen atoms in total. The van der Waals surface area contributed by atoms with Gasteiger partial charge in [-0.2, -0.15) is 5.26 Å². The van der Waals surface area contributed by atoms with Gasteiger partial charge < -0.3 is 14.2 Å². The molecule has 1 aromatic rings. The number of esters is 2. The summed E-state index contributed by atoms with van der Waals surface area (Å²) in [7, 11) is 0. The number of rotatable bonds is 4. The average molecular weight is 261 g/mol. The second-order valence-electron chi connectivity index (χ2n) is 3.86. The summed E-state index contributed by atoms with van der Waals surface area (Å²) < 4.78 is 14.7. The molecule has 1 aliphatic heterocycles. The van der Waals surface area contributed by atoms with Crippen molar-refractivity contribution in [1.82, 2.24) is 0 Å². The quantitative estimate of drug-likeness (QED) is 0.745. The van der Waals surface area contributed by atoms with Gasteiger partial charge >= 0.3 is 11.9 Å². The summed E-state index contributed by atoms with van der Waals surface area (Å²) in [6.07, 6.45) is -0.446. The first kappa shape index (κ1) is 12.9. The van der Waals surface area contributed by atoms with Gasteiger partial charge in [0.25, 0.3) is 0 Å². The van der Waals surface area contributed by atoms with E-state index in [0.29, 0.717) is 17.7 Å². The number of cyclic esters (lactones) is 1. The first-order valence-corrected chi connectivity index (χ1v) is 5.68. The number of carbonyl (C=O) groups excluding carboxylic acids is 2. The maximum absolute atomic E-state index is 11.4. The third-order valence-corrected chi connectivity index (χ3v) is 2.50. The molecular weight excluding hydrogens is 250 g/mol. The minimum atomic E-state index is -0.822. The molecule has 1 fully saturated rings. The highest BCUT2D eigenvalue weighted by molar-refractivity contribution is 5.81. The smallest absolute Gasteiger partial charge is 0.347 e. The van der Waals surface area contributed by atoms with Crippen molar-refractivity contribution in [3.8, 4) is 11.8 Å². The van der Waals surface area contributed by atoms with Crippen LogP contribution in [0.5, 0.6) is 5.75 Å². The lowest BCUT2D eigenvalue weighted by Crippen LogP contribution is -2.26. The topological polar surface area (TPSA) is 85.6 Å². The van der Waals surface area contributed by atoms with E-state index in [9.17, 15) is 9.59 Å². The van der Waals surface area contributed by atoms with Crippen molar-refractivity contribution in [3.05, 3.63) is 29.8 Å². The fraction of sp³-hybridized carbons (Fsp3) is 0.308. The molecule has 1 aliphatic rings. The van der Waals surface area contributed by atoms with E-state index >= 15 is 0 Å². The van der Waals surface area contributed by atoms with Crippen LogP contribution in [-0.2, 0) is 19.1 Å². The Hall–Kier alpha value is -2.55. The highest BCUT2D eigenvalue weighted by Gasteiger charge is 2.30. The monoisotopic (exact) mass is 261 g/mol. The largest absolute Gasteiger partial charge is 0.482 e. The highest BCUT2D eigenvalue weighted by Crippen LogP contribution is 2.13. The second kappa shape index (κ2) is 5.87. The zero-order valence-corrected chi connectivity index (χ0v) is 10.00. The molecule has 1 heterocycles. The van der Waals surface area contributed by atoms with Crippen LogP contribution >= 0.6 is 0 Å². The summed E-state index contributed by atoms with van der Waals surface area (Å²) in [5, 5.41) is 8.62. The lowest BCUT2D eigenvalue weighted by Gasteiger charge is -2.09. The molecule has 0 aromatic heterocycles. The minimum absolute atomic E-state index is 0.271. The second-order valence-corrected chi connectivity index (χ2v) is 3.86. The molecule has 1 atom stereocenters. The first-order chi connectivity index (χ1) is 9.19. The normalized spacial score (nSPS) is 17.4. The standard InChI is InChI=1S/C13H11NO5/c14-7-9-1-3-10(4-2-9)18-8-12(15)19-11-5-6-17-13(11)16/h1-4,11H,5-6,8H2/t11-/m1/s1. The predicted octanol–water partition coefficient (Wildman–Crippen LogP) is 0.796. The van der Waals surface area contributed by atoms with E-state index in [-0.39, 0.29) is 13.2 Å².